The number of nitrogens with zero attached hydrogens (tertiary/aromatic N) is 2. The van der Waals surface area contributed by atoms with E-state index in [1.165, 1.54) is 7.11 Å². The number of carbonyl (C=O) groups excluding carboxylic acids is 1. The molecule has 0 bridgehead atoms. The zero-order valence-electron chi connectivity index (χ0n) is 9.80. The summed E-state index contributed by atoms with van der Waals surface area (Å²) in [5.74, 6) is 0.434. The number of ether oxygens (including phenoxy) is 1. The van der Waals surface area contributed by atoms with Crippen molar-refractivity contribution in [2.75, 3.05) is 12.9 Å². The van der Waals surface area contributed by atoms with Crippen LogP contribution in [0.15, 0.2) is 4.34 Å². The van der Waals surface area contributed by atoms with Gasteiger partial charge < -0.3 is 10.1 Å². The maximum atomic E-state index is 11.6. The maximum absolute atomic E-state index is 11.6. The van der Waals surface area contributed by atoms with Crippen molar-refractivity contribution >= 4 is 29.1 Å². The molecule has 1 aliphatic rings. The first-order valence-electron chi connectivity index (χ1n) is 5.46. The third-order valence-electron chi connectivity index (χ3n) is 2.38. The second-order valence-electron chi connectivity index (χ2n) is 3.91. The Bertz CT molecular complexity index is 393. The normalized spacial score (nSPS) is 16.8. The Morgan fingerprint density at radius 1 is 1.65 bits per heavy atom. The number of rotatable bonds is 6. The summed E-state index contributed by atoms with van der Waals surface area (Å²) < 4.78 is 5.68. The van der Waals surface area contributed by atoms with Crippen molar-refractivity contribution < 1.29 is 9.53 Å². The summed E-state index contributed by atoms with van der Waals surface area (Å²) in [4.78, 5) is 11.6. The number of hydrogen-bond acceptors (Lipinski definition) is 7. The van der Waals surface area contributed by atoms with Crippen LogP contribution in [0.4, 0.5) is 0 Å². The van der Waals surface area contributed by atoms with Crippen LogP contribution in [0.5, 0.6) is 0 Å². The van der Waals surface area contributed by atoms with Gasteiger partial charge in [-0.1, -0.05) is 23.1 Å². The molecule has 1 atom stereocenters. The van der Waals surface area contributed by atoms with Crippen LogP contribution in [0.3, 0.4) is 0 Å². The molecule has 5 nitrogen and oxygen atoms in total. The maximum Gasteiger partial charge on any atom is 0.323 e. The van der Waals surface area contributed by atoms with E-state index in [1.807, 2.05) is 6.92 Å². The van der Waals surface area contributed by atoms with Gasteiger partial charge >= 0.3 is 5.97 Å². The topological polar surface area (TPSA) is 64.1 Å². The largest absolute Gasteiger partial charge is 0.468 e. The molecule has 1 fully saturated rings. The van der Waals surface area contributed by atoms with Crippen LogP contribution in [0, 0.1) is 6.92 Å². The monoisotopic (exact) mass is 273 g/mol. The number of esters is 1. The van der Waals surface area contributed by atoms with Crippen molar-refractivity contribution in [2.45, 2.75) is 36.2 Å². The molecular formula is C10H15N3O2S2. The third kappa shape index (κ3) is 3.93. The van der Waals surface area contributed by atoms with Gasteiger partial charge in [0.05, 0.1) is 7.11 Å². The highest BCUT2D eigenvalue weighted by molar-refractivity contribution is 8.01. The summed E-state index contributed by atoms with van der Waals surface area (Å²) in [5, 5.41) is 12.2. The van der Waals surface area contributed by atoms with Gasteiger partial charge in [-0.05, 0) is 19.8 Å². The Hall–Kier alpha value is -0.660. The molecule has 7 heteroatoms. The highest BCUT2D eigenvalue weighted by Gasteiger charge is 2.29. The molecule has 94 valence electrons. The molecule has 0 spiro atoms. The van der Waals surface area contributed by atoms with Gasteiger partial charge in [-0.2, -0.15) is 0 Å². The minimum Gasteiger partial charge on any atom is -0.468 e. The lowest BCUT2D eigenvalue weighted by atomic mass is 10.3. The van der Waals surface area contributed by atoms with E-state index >= 15 is 0 Å². The van der Waals surface area contributed by atoms with Crippen molar-refractivity contribution in [1.82, 2.24) is 15.5 Å². The summed E-state index contributed by atoms with van der Waals surface area (Å²) in [7, 11) is 1.42. The lowest BCUT2D eigenvalue weighted by Gasteiger charge is -2.14. The molecular weight excluding hydrogens is 258 g/mol. The number of hydrogen-bond donors (Lipinski definition) is 1. The van der Waals surface area contributed by atoms with Gasteiger partial charge in [-0.15, -0.1) is 10.2 Å². The highest BCUT2D eigenvalue weighted by Crippen LogP contribution is 2.25. The molecule has 0 saturated heterocycles. The smallest absolute Gasteiger partial charge is 0.323 e. The molecule has 1 saturated carbocycles. The highest BCUT2D eigenvalue weighted by atomic mass is 32.2. The van der Waals surface area contributed by atoms with E-state index in [2.05, 4.69) is 15.5 Å². The van der Waals surface area contributed by atoms with E-state index in [4.69, 9.17) is 4.74 Å². The number of nitrogens with one attached hydrogen (secondary N) is 1. The van der Waals surface area contributed by atoms with Gasteiger partial charge in [-0.3, -0.25) is 4.79 Å². The van der Waals surface area contributed by atoms with Crippen LogP contribution in [0.25, 0.3) is 0 Å². The molecule has 0 radical (unpaired) electrons. The van der Waals surface area contributed by atoms with Gasteiger partial charge in [0, 0.05) is 11.8 Å². The number of carbonyl (C=O) groups is 1. The van der Waals surface area contributed by atoms with Gasteiger partial charge in [0.15, 0.2) is 4.34 Å². The predicted molar refractivity (Wildman–Crippen MR) is 67.3 cm³/mol. The number of aromatic nitrogens is 2. The average Bonchev–Trinajstić information content (AvgIpc) is 3.05. The van der Waals surface area contributed by atoms with Gasteiger partial charge in [-0.25, -0.2) is 0 Å². The average molecular weight is 273 g/mol. The molecule has 0 amide bonds. The molecule has 2 rings (SSSR count). The fraction of sp³-hybridized carbons (Fsp3) is 0.700. The molecule has 1 heterocycles. The minimum absolute atomic E-state index is 0.203. The Balaban J connectivity index is 1.85. The quantitative estimate of drug-likeness (QED) is 0.621. The van der Waals surface area contributed by atoms with E-state index in [0.29, 0.717) is 11.8 Å². The van der Waals surface area contributed by atoms with Gasteiger partial charge in [0.1, 0.15) is 11.0 Å². The number of aryl methyl sites for hydroxylation is 1. The van der Waals surface area contributed by atoms with E-state index in [1.54, 1.807) is 23.1 Å². The fourth-order valence-corrected chi connectivity index (χ4v) is 3.21. The predicted octanol–water partition coefficient (Wildman–Crippen LogP) is 1.23. The molecule has 1 N–H and O–H groups in total. The summed E-state index contributed by atoms with van der Waals surface area (Å²) in [6.07, 6.45) is 2.30. The van der Waals surface area contributed by atoms with Crippen molar-refractivity contribution in [1.29, 1.82) is 0 Å². The first-order chi connectivity index (χ1) is 8.19. The van der Waals surface area contributed by atoms with E-state index in [0.717, 1.165) is 22.2 Å². The van der Waals surface area contributed by atoms with Gasteiger partial charge in [0.25, 0.3) is 0 Å². The Morgan fingerprint density at radius 2 is 2.41 bits per heavy atom. The number of methoxy groups -OCH3 is 1. The lowest BCUT2D eigenvalue weighted by molar-refractivity contribution is -0.142. The van der Waals surface area contributed by atoms with E-state index in [9.17, 15) is 4.79 Å². The Labute approximate surface area is 108 Å². The first kappa shape index (κ1) is 12.8. The van der Waals surface area contributed by atoms with Crippen LogP contribution in [-0.2, 0) is 9.53 Å². The van der Waals surface area contributed by atoms with Crippen LogP contribution in [0.2, 0.25) is 0 Å². The summed E-state index contributed by atoms with van der Waals surface area (Å²) in [5.41, 5.74) is 0. The third-order valence-corrected chi connectivity index (χ3v) is 4.45. The SMILES string of the molecule is COC(=O)C(CSc1nnc(C)s1)NC1CC1. The second kappa shape index (κ2) is 5.79. The van der Waals surface area contributed by atoms with Crippen molar-refractivity contribution in [3.05, 3.63) is 5.01 Å². The fourth-order valence-electron chi connectivity index (χ4n) is 1.35. The zero-order chi connectivity index (χ0) is 12.3. The van der Waals surface area contributed by atoms with Crippen molar-refractivity contribution in [3.8, 4) is 0 Å². The second-order valence-corrected chi connectivity index (χ2v) is 6.36. The summed E-state index contributed by atoms with van der Waals surface area (Å²) in [6, 6.07) is 0.234. The first-order valence-corrected chi connectivity index (χ1v) is 7.26. The minimum atomic E-state index is -0.248. The number of thioether (sulfide) groups is 1. The summed E-state index contributed by atoms with van der Waals surface area (Å²) >= 11 is 3.09. The van der Waals surface area contributed by atoms with E-state index < -0.39 is 0 Å². The molecule has 17 heavy (non-hydrogen) atoms. The van der Waals surface area contributed by atoms with Crippen molar-refractivity contribution in [3.63, 3.8) is 0 Å². The standard InChI is InChI=1S/C10H15N3O2S2/c1-6-12-13-10(17-6)16-5-8(9(14)15-2)11-7-3-4-7/h7-8,11H,3-5H2,1-2H3. The van der Waals surface area contributed by atoms with Crippen LogP contribution in [0.1, 0.15) is 17.8 Å². The lowest BCUT2D eigenvalue weighted by Crippen LogP contribution is -2.40. The van der Waals surface area contributed by atoms with Crippen LogP contribution >= 0.6 is 23.1 Å². The van der Waals surface area contributed by atoms with Crippen LogP contribution in [-0.4, -0.2) is 41.1 Å². The molecule has 1 unspecified atom stereocenters. The zero-order valence-corrected chi connectivity index (χ0v) is 11.4. The molecule has 0 aliphatic heterocycles. The summed E-state index contributed by atoms with van der Waals surface area (Å²) in [6.45, 7) is 1.92. The van der Waals surface area contributed by atoms with Crippen molar-refractivity contribution in [2.24, 2.45) is 0 Å². The Morgan fingerprint density at radius 3 is 2.94 bits per heavy atom. The molecule has 1 aliphatic carbocycles. The Kier molecular flexibility index (Phi) is 4.36. The van der Waals surface area contributed by atoms with E-state index in [-0.39, 0.29) is 12.0 Å². The van der Waals surface area contributed by atoms with Gasteiger partial charge in [0.2, 0.25) is 0 Å². The van der Waals surface area contributed by atoms with Crippen LogP contribution < -0.4 is 5.32 Å². The molecule has 1 aromatic heterocycles. The molecule has 0 aromatic carbocycles. The molecule has 1 aromatic rings.